The van der Waals surface area contributed by atoms with Gasteiger partial charge in [-0.25, -0.2) is 0 Å². The summed E-state index contributed by atoms with van der Waals surface area (Å²) in [5.41, 5.74) is 0. The zero-order valence-corrected chi connectivity index (χ0v) is 7.57. The van der Waals surface area contributed by atoms with Crippen molar-refractivity contribution < 1.29 is 4.79 Å². The molecule has 1 heteroatoms. The van der Waals surface area contributed by atoms with Crippen molar-refractivity contribution in [2.45, 2.75) is 51.9 Å². The largest absolute Gasteiger partial charge is 0.300 e. The van der Waals surface area contributed by atoms with Gasteiger partial charge in [0, 0.05) is 12.8 Å². The molecule has 0 saturated heterocycles. The van der Waals surface area contributed by atoms with Gasteiger partial charge < -0.3 is 0 Å². The van der Waals surface area contributed by atoms with Gasteiger partial charge in [-0.2, -0.15) is 0 Å². The van der Waals surface area contributed by atoms with Gasteiger partial charge in [-0.3, -0.25) is 4.79 Å². The van der Waals surface area contributed by atoms with Crippen molar-refractivity contribution in [3.8, 4) is 0 Å². The van der Waals surface area contributed by atoms with E-state index in [0.29, 0.717) is 5.78 Å². The first-order chi connectivity index (χ1) is 5.31. The number of hydrogen-bond donors (Lipinski definition) is 0. The van der Waals surface area contributed by atoms with Crippen LogP contribution < -0.4 is 0 Å². The van der Waals surface area contributed by atoms with Crippen LogP contribution in [-0.4, -0.2) is 5.78 Å². The molecule has 0 rings (SSSR count). The van der Waals surface area contributed by atoms with Gasteiger partial charge in [-0.1, -0.05) is 33.1 Å². The number of Topliss-reactive ketones (excluding diaryl/α,β-unsaturated/α-hetero) is 1. The zero-order valence-electron chi connectivity index (χ0n) is 7.57. The smallest absolute Gasteiger partial charge is 0.132 e. The van der Waals surface area contributed by atoms with Gasteiger partial charge in [0.2, 0.25) is 0 Å². The van der Waals surface area contributed by atoms with E-state index in [1.54, 1.807) is 0 Å². The molecule has 0 fully saturated rings. The molecule has 0 aromatic rings. The van der Waals surface area contributed by atoms with E-state index in [9.17, 15) is 4.79 Å². The van der Waals surface area contributed by atoms with Crippen molar-refractivity contribution >= 4 is 5.78 Å². The first-order valence-electron chi connectivity index (χ1n) is 4.62. The van der Waals surface area contributed by atoms with Crippen LogP contribution in [0.4, 0.5) is 0 Å². The molecule has 0 aliphatic carbocycles. The summed E-state index contributed by atoms with van der Waals surface area (Å²) < 4.78 is 0. The molecule has 0 atom stereocenters. The van der Waals surface area contributed by atoms with E-state index in [1.165, 1.54) is 12.8 Å². The molecule has 1 radical (unpaired) electrons. The Morgan fingerprint density at radius 3 is 2.45 bits per heavy atom. The molecule has 0 aromatic carbocycles. The van der Waals surface area contributed by atoms with E-state index in [2.05, 4.69) is 6.92 Å². The summed E-state index contributed by atoms with van der Waals surface area (Å²) in [7, 11) is 0. The summed E-state index contributed by atoms with van der Waals surface area (Å²) in [5, 5.41) is 0. The third kappa shape index (κ3) is 7.57. The standard InChI is InChI=1S/C10H19O/c1-3-5-6-7-9-10(11)8-4-2/h1,3-9H2,2H3. The maximum atomic E-state index is 11.0. The monoisotopic (exact) mass is 155 g/mol. The number of unbranched alkanes of at least 4 members (excludes halogenated alkanes) is 3. The highest BCUT2D eigenvalue weighted by Gasteiger charge is 1.98. The first kappa shape index (κ1) is 10.7. The molecular weight excluding hydrogens is 136 g/mol. The lowest BCUT2D eigenvalue weighted by molar-refractivity contribution is -0.119. The van der Waals surface area contributed by atoms with Crippen LogP contribution >= 0.6 is 0 Å². The fraction of sp³-hybridized carbons (Fsp3) is 0.800. The molecule has 0 aromatic heterocycles. The van der Waals surface area contributed by atoms with E-state index in [-0.39, 0.29) is 0 Å². The Kier molecular flexibility index (Phi) is 7.54. The number of rotatable bonds is 7. The molecule has 0 spiro atoms. The van der Waals surface area contributed by atoms with E-state index in [0.717, 1.165) is 32.1 Å². The quantitative estimate of drug-likeness (QED) is 0.516. The average Bonchev–Trinajstić information content (AvgIpc) is 1.99. The van der Waals surface area contributed by atoms with Crippen LogP contribution in [0.15, 0.2) is 0 Å². The van der Waals surface area contributed by atoms with Crippen molar-refractivity contribution in [3.05, 3.63) is 6.92 Å². The third-order valence-corrected chi connectivity index (χ3v) is 1.73. The summed E-state index contributed by atoms with van der Waals surface area (Å²) >= 11 is 0. The molecule has 0 bridgehead atoms. The van der Waals surface area contributed by atoms with E-state index in [1.807, 2.05) is 6.92 Å². The lowest BCUT2D eigenvalue weighted by atomic mass is 10.1. The average molecular weight is 155 g/mol. The summed E-state index contributed by atoms with van der Waals surface area (Å²) in [4.78, 5) is 11.0. The topological polar surface area (TPSA) is 17.1 Å². The second-order valence-corrected chi connectivity index (χ2v) is 2.95. The maximum Gasteiger partial charge on any atom is 0.132 e. The summed E-state index contributed by atoms with van der Waals surface area (Å²) in [6, 6.07) is 0. The van der Waals surface area contributed by atoms with E-state index in [4.69, 9.17) is 0 Å². The van der Waals surface area contributed by atoms with E-state index >= 15 is 0 Å². The van der Waals surface area contributed by atoms with Gasteiger partial charge in [0.15, 0.2) is 0 Å². The molecule has 11 heavy (non-hydrogen) atoms. The maximum absolute atomic E-state index is 11.0. The van der Waals surface area contributed by atoms with Crippen molar-refractivity contribution in [1.82, 2.24) is 0 Å². The van der Waals surface area contributed by atoms with Crippen molar-refractivity contribution in [3.63, 3.8) is 0 Å². The Morgan fingerprint density at radius 2 is 1.91 bits per heavy atom. The van der Waals surface area contributed by atoms with Gasteiger partial charge in [0.1, 0.15) is 5.78 Å². The lowest BCUT2D eigenvalue weighted by Crippen LogP contribution is -1.95. The number of ketones is 1. The normalized spacial score (nSPS) is 10.0. The second-order valence-electron chi connectivity index (χ2n) is 2.95. The van der Waals surface area contributed by atoms with Crippen molar-refractivity contribution in [2.24, 2.45) is 0 Å². The highest BCUT2D eigenvalue weighted by Crippen LogP contribution is 2.04. The molecule has 0 unspecified atom stereocenters. The molecule has 65 valence electrons. The second kappa shape index (κ2) is 7.77. The first-order valence-corrected chi connectivity index (χ1v) is 4.62. The predicted molar refractivity (Wildman–Crippen MR) is 48.4 cm³/mol. The highest BCUT2D eigenvalue weighted by molar-refractivity contribution is 5.78. The molecule has 0 heterocycles. The van der Waals surface area contributed by atoms with Crippen LogP contribution in [0.2, 0.25) is 0 Å². The lowest BCUT2D eigenvalue weighted by Gasteiger charge is -1.97. The fourth-order valence-electron chi connectivity index (χ4n) is 1.08. The Hall–Kier alpha value is -0.330. The number of carbonyl (C=O) groups excluding carboxylic acids is 1. The van der Waals surface area contributed by atoms with Gasteiger partial charge >= 0.3 is 0 Å². The zero-order chi connectivity index (χ0) is 8.53. The molecule has 1 nitrogen and oxygen atoms in total. The van der Waals surface area contributed by atoms with Gasteiger partial charge in [0.25, 0.3) is 0 Å². The van der Waals surface area contributed by atoms with Gasteiger partial charge in [0.05, 0.1) is 0 Å². The van der Waals surface area contributed by atoms with Crippen LogP contribution in [-0.2, 0) is 4.79 Å². The Balaban J connectivity index is 3.04. The summed E-state index contributed by atoms with van der Waals surface area (Å²) in [6.07, 6.45) is 6.95. The molecule has 0 N–H and O–H groups in total. The molecule has 0 amide bonds. The Bertz CT molecular complexity index is 97.0. The van der Waals surface area contributed by atoms with Gasteiger partial charge in [-0.15, -0.1) is 0 Å². The highest BCUT2D eigenvalue weighted by atomic mass is 16.1. The van der Waals surface area contributed by atoms with E-state index < -0.39 is 0 Å². The van der Waals surface area contributed by atoms with Gasteiger partial charge in [-0.05, 0) is 12.8 Å². The summed E-state index contributed by atoms with van der Waals surface area (Å²) in [6.45, 7) is 5.80. The van der Waals surface area contributed by atoms with Crippen LogP contribution in [0.3, 0.4) is 0 Å². The minimum absolute atomic E-state index is 0.427. The minimum Gasteiger partial charge on any atom is -0.300 e. The van der Waals surface area contributed by atoms with Crippen LogP contribution in [0.1, 0.15) is 51.9 Å². The minimum atomic E-state index is 0.427. The molecule has 0 aliphatic rings. The van der Waals surface area contributed by atoms with Crippen molar-refractivity contribution in [2.75, 3.05) is 0 Å². The molecule has 0 saturated carbocycles. The predicted octanol–water partition coefficient (Wildman–Crippen LogP) is 3.14. The Labute approximate surface area is 70.2 Å². The fourth-order valence-corrected chi connectivity index (χ4v) is 1.08. The van der Waals surface area contributed by atoms with Crippen molar-refractivity contribution in [1.29, 1.82) is 0 Å². The molecular formula is C10H19O. The number of hydrogen-bond acceptors (Lipinski definition) is 1. The van der Waals surface area contributed by atoms with Crippen LogP contribution in [0.5, 0.6) is 0 Å². The Morgan fingerprint density at radius 1 is 1.18 bits per heavy atom. The van der Waals surface area contributed by atoms with Crippen LogP contribution in [0, 0.1) is 6.92 Å². The SMILES string of the molecule is [CH2]CCCCCC(=O)CCC. The third-order valence-electron chi connectivity index (χ3n) is 1.73. The number of carbonyl (C=O) groups is 1. The molecule has 0 aliphatic heterocycles. The summed E-state index contributed by atoms with van der Waals surface area (Å²) in [5.74, 6) is 0.427. The van der Waals surface area contributed by atoms with Crippen LogP contribution in [0.25, 0.3) is 0 Å².